The Labute approximate surface area is 116 Å². The van der Waals surface area contributed by atoms with Gasteiger partial charge in [0.15, 0.2) is 5.78 Å². The summed E-state index contributed by atoms with van der Waals surface area (Å²) >= 11 is 3.46. The van der Waals surface area contributed by atoms with Gasteiger partial charge in [0.2, 0.25) is 0 Å². The van der Waals surface area contributed by atoms with Crippen molar-refractivity contribution in [1.82, 2.24) is 0 Å². The monoisotopic (exact) mass is 311 g/mol. The van der Waals surface area contributed by atoms with Crippen molar-refractivity contribution in [3.63, 3.8) is 0 Å². The molecule has 0 saturated heterocycles. The summed E-state index contributed by atoms with van der Waals surface area (Å²) in [6.07, 6.45) is 2.48. The van der Waals surface area contributed by atoms with Gasteiger partial charge in [-0.25, -0.2) is 0 Å². The number of ketones is 1. The lowest BCUT2D eigenvalue weighted by molar-refractivity contribution is -0.123. The summed E-state index contributed by atoms with van der Waals surface area (Å²) in [5, 5.41) is 0. The molecule has 1 saturated carbocycles. The molecule has 0 spiro atoms. The Morgan fingerprint density at radius 1 is 1.56 bits per heavy atom. The van der Waals surface area contributed by atoms with Gasteiger partial charge in [-0.2, -0.15) is 0 Å². The summed E-state index contributed by atoms with van der Waals surface area (Å²) in [6.45, 7) is 1.85. The second-order valence-corrected chi connectivity index (χ2v) is 5.97. The molecule has 98 valence electrons. The maximum atomic E-state index is 12.3. The smallest absolute Gasteiger partial charge is 0.157 e. The average Bonchev–Trinajstić information content (AvgIpc) is 3.16. The van der Waals surface area contributed by atoms with Crippen molar-refractivity contribution in [2.24, 2.45) is 11.7 Å². The summed E-state index contributed by atoms with van der Waals surface area (Å²) in [5.41, 5.74) is 6.37. The van der Waals surface area contributed by atoms with Crippen LogP contribution >= 0.6 is 15.9 Å². The molecule has 18 heavy (non-hydrogen) atoms. The lowest BCUT2D eigenvalue weighted by Gasteiger charge is -2.23. The molecule has 1 aromatic carbocycles. The Bertz CT molecular complexity index is 467. The number of Topliss-reactive ketones (excluding diaryl/α,β-unsaturated/α-hetero) is 1. The van der Waals surface area contributed by atoms with Crippen LogP contribution in [0.1, 0.15) is 25.3 Å². The molecule has 0 aromatic heterocycles. The summed E-state index contributed by atoms with van der Waals surface area (Å²) < 4.78 is 6.09. The highest BCUT2D eigenvalue weighted by Crippen LogP contribution is 2.39. The Morgan fingerprint density at radius 2 is 2.22 bits per heavy atom. The highest BCUT2D eigenvalue weighted by Gasteiger charge is 2.43. The zero-order chi connectivity index (χ0) is 13.3. The summed E-state index contributed by atoms with van der Waals surface area (Å²) in [5.74, 6) is 1.21. The molecule has 4 heteroatoms. The van der Waals surface area contributed by atoms with Crippen LogP contribution in [0.15, 0.2) is 22.7 Å². The van der Waals surface area contributed by atoms with Gasteiger partial charge in [0.25, 0.3) is 0 Å². The summed E-state index contributed by atoms with van der Waals surface area (Å²) in [4.78, 5) is 12.3. The van der Waals surface area contributed by atoms with Gasteiger partial charge in [0.1, 0.15) is 5.75 Å². The highest BCUT2D eigenvalue weighted by atomic mass is 79.9. The first kappa shape index (κ1) is 13.6. The van der Waals surface area contributed by atoms with Gasteiger partial charge in [-0.3, -0.25) is 4.79 Å². The highest BCUT2D eigenvalue weighted by molar-refractivity contribution is 9.10. The van der Waals surface area contributed by atoms with Crippen LogP contribution in [0, 0.1) is 5.92 Å². The number of halogens is 1. The molecule has 2 rings (SSSR count). The number of methoxy groups -OCH3 is 1. The van der Waals surface area contributed by atoms with E-state index in [1.54, 1.807) is 7.11 Å². The lowest BCUT2D eigenvalue weighted by atomic mass is 9.88. The van der Waals surface area contributed by atoms with E-state index in [0.717, 1.165) is 28.6 Å². The van der Waals surface area contributed by atoms with Crippen LogP contribution in [0.2, 0.25) is 0 Å². The standard InChI is InChI=1S/C14H18BrNO2/c1-14(16,10-3-4-10)13(17)8-9-7-11(18-2)5-6-12(9)15/h5-7,10H,3-4,8,16H2,1-2H3. The zero-order valence-electron chi connectivity index (χ0n) is 10.7. The molecule has 0 heterocycles. The van der Waals surface area contributed by atoms with Crippen LogP contribution in [0.4, 0.5) is 0 Å². The first-order valence-electron chi connectivity index (χ1n) is 6.09. The van der Waals surface area contributed by atoms with Crippen LogP contribution in [-0.4, -0.2) is 18.4 Å². The van der Waals surface area contributed by atoms with E-state index in [4.69, 9.17) is 10.5 Å². The van der Waals surface area contributed by atoms with Crippen molar-refractivity contribution in [3.05, 3.63) is 28.2 Å². The molecule has 0 bridgehead atoms. The van der Waals surface area contributed by atoms with Gasteiger partial charge in [-0.05, 0) is 49.4 Å². The molecular formula is C14H18BrNO2. The molecule has 1 unspecified atom stereocenters. The number of carbonyl (C=O) groups excluding carboxylic acids is 1. The van der Waals surface area contributed by atoms with Gasteiger partial charge in [0, 0.05) is 10.9 Å². The van der Waals surface area contributed by atoms with Crippen molar-refractivity contribution in [3.8, 4) is 5.75 Å². The van der Waals surface area contributed by atoms with Crippen LogP contribution in [0.25, 0.3) is 0 Å². The zero-order valence-corrected chi connectivity index (χ0v) is 12.3. The second-order valence-electron chi connectivity index (χ2n) is 5.11. The molecule has 0 radical (unpaired) electrons. The molecule has 3 nitrogen and oxygen atoms in total. The Kier molecular flexibility index (Phi) is 3.78. The number of carbonyl (C=O) groups is 1. The van der Waals surface area contributed by atoms with Gasteiger partial charge >= 0.3 is 0 Å². The average molecular weight is 312 g/mol. The number of nitrogens with two attached hydrogens (primary N) is 1. The van der Waals surface area contributed by atoms with Crippen molar-refractivity contribution in [2.45, 2.75) is 31.7 Å². The van der Waals surface area contributed by atoms with Crippen molar-refractivity contribution in [2.75, 3.05) is 7.11 Å². The lowest BCUT2D eigenvalue weighted by Crippen LogP contribution is -2.47. The number of rotatable bonds is 5. The molecule has 0 aliphatic heterocycles. The number of ether oxygens (including phenoxy) is 1. The minimum atomic E-state index is -0.692. The van der Waals surface area contributed by atoms with E-state index < -0.39 is 5.54 Å². The SMILES string of the molecule is COc1ccc(Br)c(CC(=O)C(C)(N)C2CC2)c1. The van der Waals surface area contributed by atoms with Gasteiger partial charge in [-0.15, -0.1) is 0 Å². The van der Waals surface area contributed by atoms with Gasteiger partial charge < -0.3 is 10.5 Å². The quantitative estimate of drug-likeness (QED) is 0.909. The minimum Gasteiger partial charge on any atom is -0.497 e. The fourth-order valence-corrected chi connectivity index (χ4v) is 2.47. The largest absolute Gasteiger partial charge is 0.497 e. The predicted molar refractivity (Wildman–Crippen MR) is 74.7 cm³/mol. The normalized spacial score (nSPS) is 18.2. The van der Waals surface area contributed by atoms with E-state index in [1.807, 2.05) is 25.1 Å². The first-order valence-corrected chi connectivity index (χ1v) is 6.89. The number of hydrogen-bond donors (Lipinski definition) is 1. The minimum absolute atomic E-state index is 0.0963. The summed E-state index contributed by atoms with van der Waals surface area (Å²) in [7, 11) is 1.62. The Morgan fingerprint density at radius 3 is 2.78 bits per heavy atom. The van der Waals surface area contributed by atoms with Gasteiger partial charge in [0.05, 0.1) is 12.6 Å². The Balaban J connectivity index is 2.15. The third kappa shape index (κ3) is 2.75. The molecule has 0 amide bonds. The fourth-order valence-electron chi connectivity index (χ4n) is 2.09. The molecule has 1 fully saturated rings. The molecule has 1 aromatic rings. The predicted octanol–water partition coefficient (Wildman–Crippen LogP) is 2.70. The van der Waals surface area contributed by atoms with Crippen LogP contribution in [-0.2, 0) is 11.2 Å². The molecule has 2 N–H and O–H groups in total. The van der Waals surface area contributed by atoms with E-state index >= 15 is 0 Å². The maximum absolute atomic E-state index is 12.3. The number of hydrogen-bond acceptors (Lipinski definition) is 3. The third-order valence-electron chi connectivity index (χ3n) is 3.63. The van der Waals surface area contributed by atoms with Crippen LogP contribution < -0.4 is 10.5 Å². The van der Waals surface area contributed by atoms with E-state index in [1.165, 1.54) is 0 Å². The van der Waals surface area contributed by atoms with Gasteiger partial charge in [-0.1, -0.05) is 15.9 Å². The molecule has 1 aliphatic rings. The molecule has 1 aliphatic carbocycles. The molecular weight excluding hydrogens is 294 g/mol. The van der Waals surface area contributed by atoms with E-state index in [0.29, 0.717) is 12.3 Å². The Hall–Kier alpha value is -0.870. The topological polar surface area (TPSA) is 52.3 Å². The van der Waals surface area contributed by atoms with Crippen molar-refractivity contribution < 1.29 is 9.53 Å². The van der Waals surface area contributed by atoms with E-state index in [2.05, 4.69) is 15.9 Å². The van der Waals surface area contributed by atoms with Crippen LogP contribution in [0.3, 0.4) is 0 Å². The molecule has 1 atom stereocenters. The van der Waals surface area contributed by atoms with E-state index in [9.17, 15) is 4.79 Å². The second kappa shape index (κ2) is 5.02. The van der Waals surface area contributed by atoms with Crippen molar-refractivity contribution in [1.29, 1.82) is 0 Å². The van der Waals surface area contributed by atoms with Crippen LogP contribution in [0.5, 0.6) is 5.75 Å². The third-order valence-corrected chi connectivity index (χ3v) is 4.40. The maximum Gasteiger partial charge on any atom is 0.157 e. The fraction of sp³-hybridized carbons (Fsp3) is 0.500. The summed E-state index contributed by atoms with van der Waals surface area (Å²) in [6, 6.07) is 5.64. The van der Waals surface area contributed by atoms with E-state index in [-0.39, 0.29) is 5.78 Å². The number of benzene rings is 1. The van der Waals surface area contributed by atoms with Crippen molar-refractivity contribution >= 4 is 21.7 Å². The first-order chi connectivity index (χ1) is 8.45.